The third-order valence-corrected chi connectivity index (χ3v) is 5.82. The number of nitrogens with one attached hydrogen (secondary N) is 1. The molecule has 3 heterocycles. The number of urea groups is 1. The van der Waals surface area contributed by atoms with Gasteiger partial charge < -0.3 is 10.1 Å². The van der Waals surface area contributed by atoms with Crippen LogP contribution in [0.25, 0.3) is 4.96 Å². The Morgan fingerprint density at radius 1 is 1.23 bits per heavy atom. The second kappa shape index (κ2) is 7.17. The molecule has 1 saturated heterocycles. The lowest BCUT2D eigenvalue weighted by Gasteiger charge is -2.22. The molecule has 0 radical (unpaired) electrons. The number of hydrogen-bond acceptors (Lipinski definition) is 6. The number of halogens is 2. The Hall–Kier alpha value is -3.34. The van der Waals surface area contributed by atoms with Crippen LogP contribution < -0.4 is 15.6 Å². The van der Waals surface area contributed by atoms with Crippen molar-refractivity contribution in [3.8, 4) is 5.75 Å². The van der Waals surface area contributed by atoms with Crippen molar-refractivity contribution in [3.63, 3.8) is 0 Å². The van der Waals surface area contributed by atoms with Gasteiger partial charge in [-0.05, 0) is 31.5 Å². The molecule has 8 nitrogen and oxygen atoms in total. The van der Waals surface area contributed by atoms with Crippen molar-refractivity contribution in [2.75, 3.05) is 0 Å². The summed E-state index contributed by atoms with van der Waals surface area (Å²) in [5.74, 6) is -0.602. The van der Waals surface area contributed by atoms with Crippen LogP contribution in [-0.2, 0) is 16.9 Å². The Morgan fingerprint density at radius 2 is 1.93 bits per heavy atom. The molecule has 3 aromatic rings. The fourth-order valence-electron chi connectivity index (χ4n) is 3.35. The van der Waals surface area contributed by atoms with Crippen molar-refractivity contribution in [1.29, 1.82) is 0 Å². The first-order chi connectivity index (χ1) is 14.2. The number of hydrogen-bond donors (Lipinski definition) is 1. The fourth-order valence-corrected chi connectivity index (χ4v) is 4.24. The monoisotopic (exact) mass is 434 g/mol. The third kappa shape index (κ3) is 3.30. The van der Waals surface area contributed by atoms with E-state index in [0.717, 1.165) is 10.6 Å². The highest BCUT2D eigenvalue weighted by Crippen LogP contribution is 2.31. The molecule has 156 valence electrons. The highest BCUT2D eigenvalue weighted by atomic mass is 32.1. The van der Waals surface area contributed by atoms with Crippen LogP contribution in [0.3, 0.4) is 0 Å². The molecular formula is C19H16F2N4O4S. The number of aryl methyl sites for hydroxylation is 1. The maximum absolute atomic E-state index is 13.0. The molecule has 30 heavy (non-hydrogen) atoms. The summed E-state index contributed by atoms with van der Waals surface area (Å²) >= 11 is 1.29. The predicted octanol–water partition coefficient (Wildman–Crippen LogP) is 2.63. The number of fused-ring (bicyclic) bond motifs is 1. The van der Waals surface area contributed by atoms with Gasteiger partial charge in [0, 0.05) is 17.1 Å². The largest absolute Gasteiger partial charge is 0.435 e. The molecule has 4 rings (SSSR count). The minimum Gasteiger partial charge on any atom is -0.435 e. The van der Waals surface area contributed by atoms with Gasteiger partial charge in [-0.2, -0.15) is 8.78 Å². The number of alkyl halides is 2. The Kier molecular flexibility index (Phi) is 4.77. The molecule has 3 amide bonds. The van der Waals surface area contributed by atoms with E-state index >= 15 is 0 Å². The van der Waals surface area contributed by atoms with Crippen molar-refractivity contribution in [1.82, 2.24) is 19.6 Å². The number of aromatic nitrogens is 2. The summed E-state index contributed by atoms with van der Waals surface area (Å²) in [5.41, 5.74) is -0.240. The number of ether oxygens (including phenoxy) is 1. The molecule has 11 heteroatoms. The summed E-state index contributed by atoms with van der Waals surface area (Å²) < 4.78 is 30.4. The normalized spacial score (nSPS) is 19.0. The van der Waals surface area contributed by atoms with E-state index in [1.54, 1.807) is 12.3 Å². The van der Waals surface area contributed by atoms with Gasteiger partial charge in [-0.15, -0.1) is 11.3 Å². The number of carbonyl (C=O) groups is 2. The van der Waals surface area contributed by atoms with E-state index in [9.17, 15) is 23.2 Å². The van der Waals surface area contributed by atoms with Crippen molar-refractivity contribution in [2.45, 2.75) is 32.5 Å². The van der Waals surface area contributed by atoms with Gasteiger partial charge in [0.15, 0.2) is 4.96 Å². The quantitative estimate of drug-likeness (QED) is 0.624. The summed E-state index contributed by atoms with van der Waals surface area (Å²) in [6, 6.07) is 6.11. The summed E-state index contributed by atoms with van der Waals surface area (Å²) in [5, 5.41) is 4.41. The first-order valence-electron chi connectivity index (χ1n) is 8.85. The molecule has 1 aliphatic heterocycles. The molecular weight excluding hydrogens is 418 g/mol. The lowest BCUT2D eigenvalue weighted by atomic mass is 9.92. The molecule has 1 aromatic carbocycles. The second-order valence-electron chi connectivity index (χ2n) is 6.93. The van der Waals surface area contributed by atoms with Gasteiger partial charge >= 0.3 is 12.6 Å². The highest BCUT2D eigenvalue weighted by molar-refractivity contribution is 7.15. The van der Waals surface area contributed by atoms with E-state index in [1.165, 1.54) is 53.0 Å². The average molecular weight is 434 g/mol. The van der Waals surface area contributed by atoms with Gasteiger partial charge in [0.25, 0.3) is 11.5 Å². The first kappa shape index (κ1) is 20.0. The minimum atomic E-state index is -2.96. The maximum Gasteiger partial charge on any atom is 0.387 e. The summed E-state index contributed by atoms with van der Waals surface area (Å²) in [6.07, 6.45) is 0. The molecule has 0 bridgehead atoms. The van der Waals surface area contributed by atoms with Crippen LogP contribution in [0.4, 0.5) is 13.6 Å². The molecule has 2 aromatic heterocycles. The number of carbonyl (C=O) groups excluding carboxylic acids is 2. The number of imide groups is 1. The zero-order chi connectivity index (χ0) is 21.6. The first-order valence-corrected chi connectivity index (χ1v) is 9.73. The average Bonchev–Trinajstić information content (AvgIpc) is 3.15. The van der Waals surface area contributed by atoms with Crippen LogP contribution in [-0.4, -0.2) is 32.8 Å². The van der Waals surface area contributed by atoms with Crippen LogP contribution in [0, 0.1) is 6.92 Å². The van der Waals surface area contributed by atoms with E-state index in [1.807, 2.05) is 0 Å². The SMILES string of the molecule is Cc1csc2nc(CN3C(=O)NC(C)(c4ccc(OC(F)F)cc4)C3=O)cc(=O)n12. The summed E-state index contributed by atoms with van der Waals surface area (Å²) in [4.78, 5) is 43.7. The number of nitrogens with zero attached hydrogens (tertiary/aromatic N) is 3. The van der Waals surface area contributed by atoms with Gasteiger partial charge in [0.05, 0.1) is 12.2 Å². The summed E-state index contributed by atoms with van der Waals surface area (Å²) in [7, 11) is 0. The van der Waals surface area contributed by atoms with Gasteiger partial charge in [-0.1, -0.05) is 12.1 Å². The third-order valence-electron chi connectivity index (χ3n) is 4.88. The van der Waals surface area contributed by atoms with Crippen LogP contribution in [0.1, 0.15) is 23.9 Å². The van der Waals surface area contributed by atoms with Gasteiger partial charge in [-0.25, -0.2) is 9.78 Å². The standard InChI is InChI=1S/C19H16F2N4O4S/c1-10-9-30-18-22-12(7-14(26)25(10)18)8-24-15(27)19(2,23-17(24)28)11-3-5-13(6-4-11)29-16(20)21/h3-7,9,16H,8H2,1-2H3,(H,23,28). The lowest BCUT2D eigenvalue weighted by Crippen LogP contribution is -2.40. The number of amides is 3. The van der Waals surface area contributed by atoms with Gasteiger partial charge in [0.1, 0.15) is 11.3 Å². The molecule has 0 saturated carbocycles. The molecule has 1 unspecified atom stereocenters. The van der Waals surface area contributed by atoms with Gasteiger partial charge in [-0.3, -0.25) is 18.9 Å². The Bertz CT molecular complexity index is 1210. The predicted molar refractivity (Wildman–Crippen MR) is 104 cm³/mol. The van der Waals surface area contributed by atoms with E-state index in [4.69, 9.17) is 0 Å². The lowest BCUT2D eigenvalue weighted by molar-refractivity contribution is -0.131. The number of thiazole rings is 1. The maximum atomic E-state index is 13.0. The molecule has 0 spiro atoms. The second-order valence-corrected chi connectivity index (χ2v) is 7.77. The highest BCUT2D eigenvalue weighted by Gasteiger charge is 2.49. The van der Waals surface area contributed by atoms with Crippen LogP contribution in [0.15, 0.2) is 40.5 Å². The molecule has 1 aliphatic rings. The van der Waals surface area contributed by atoms with Crippen LogP contribution in [0.5, 0.6) is 5.75 Å². The zero-order valence-electron chi connectivity index (χ0n) is 15.9. The molecule has 1 atom stereocenters. The molecule has 1 N–H and O–H groups in total. The number of benzene rings is 1. The Labute approximate surface area is 172 Å². The Morgan fingerprint density at radius 3 is 2.60 bits per heavy atom. The van der Waals surface area contributed by atoms with E-state index in [-0.39, 0.29) is 23.5 Å². The van der Waals surface area contributed by atoms with Crippen molar-refractivity contribution >= 4 is 28.2 Å². The van der Waals surface area contributed by atoms with Crippen LogP contribution >= 0.6 is 11.3 Å². The van der Waals surface area contributed by atoms with Crippen molar-refractivity contribution < 1.29 is 23.1 Å². The fraction of sp³-hybridized carbons (Fsp3) is 0.263. The minimum absolute atomic E-state index is 0.0600. The summed E-state index contributed by atoms with van der Waals surface area (Å²) in [6.45, 7) is 0.169. The van der Waals surface area contributed by atoms with E-state index < -0.39 is 24.1 Å². The number of rotatable bonds is 5. The van der Waals surface area contributed by atoms with E-state index in [2.05, 4.69) is 15.0 Å². The smallest absolute Gasteiger partial charge is 0.387 e. The molecule has 0 aliphatic carbocycles. The Balaban J connectivity index is 1.60. The van der Waals surface area contributed by atoms with Crippen molar-refractivity contribution in [2.24, 2.45) is 0 Å². The van der Waals surface area contributed by atoms with Crippen LogP contribution in [0.2, 0.25) is 0 Å². The van der Waals surface area contributed by atoms with E-state index in [0.29, 0.717) is 10.5 Å². The molecule has 1 fully saturated rings. The zero-order valence-corrected chi connectivity index (χ0v) is 16.7. The topological polar surface area (TPSA) is 93.0 Å². The van der Waals surface area contributed by atoms with Crippen molar-refractivity contribution in [3.05, 3.63) is 63.0 Å². The van der Waals surface area contributed by atoms with Gasteiger partial charge in [0.2, 0.25) is 0 Å².